The highest BCUT2D eigenvalue weighted by atomic mass is 79.9. The molecule has 0 saturated heterocycles. The van der Waals surface area contributed by atoms with Gasteiger partial charge in [0.05, 0.1) is 21.0 Å². The van der Waals surface area contributed by atoms with Crippen molar-refractivity contribution >= 4 is 21.6 Å². The minimum atomic E-state index is -0.690. The second-order valence-electron chi connectivity index (χ2n) is 4.14. The zero-order valence-corrected chi connectivity index (χ0v) is 10.4. The van der Waals surface area contributed by atoms with Crippen LogP contribution in [0.3, 0.4) is 0 Å². The van der Waals surface area contributed by atoms with Crippen LogP contribution in [0.15, 0.2) is 16.6 Å². The lowest BCUT2D eigenvalue weighted by Crippen LogP contribution is -2.30. The summed E-state index contributed by atoms with van der Waals surface area (Å²) in [7, 11) is 0. The Balaban J connectivity index is 2.27. The van der Waals surface area contributed by atoms with Crippen LogP contribution in [0.25, 0.3) is 0 Å². The van der Waals surface area contributed by atoms with Gasteiger partial charge in [-0.3, -0.25) is 10.1 Å². The molecule has 0 aromatic heterocycles. The van der Waals surface area contributed by atoms with Gasteiger partial charge in [-0.15, -0.1) is 0 Å². The van der Waals surface area contributed by atoms with E-state index >= 15 is 0 Å². The van der Waals surface area contributed by atoms with Crippen molar-refractivity contribution in [2.45, 2.75) is 18.4 Å². The number of nitrogens with zero attached hydrogens (tertiary/aromatic N) is 1. The highest BCUT2D eigenvalue weighted by Crippen LogP contribution is 2.39. The van der Waals surface area contributed by atoms with Crippen molar-refractivity contribution in [3.63, 3.8) is 0 Å². The maximum atomic E-state index is 13.0. The molecule has 0 heterocycles. The van der Waals surface area contributed by atoms with E-state index in [1.54, 1.807) is 0 Å². The van der Waals surface area contributed by atoms with E-state index in [1.165, 1.54) is 0 Å². The third-order valence-corrected chi connectivity index (χ3v) is 3.17. The van der Waals surface area contributed by atoms with Gasteiger partial charge in [0.2, 0.25) is 5.75 Å². The largest absolute Gasteiger partial charge is 0.484 e. The number of benzene rings is 1. The second-order valence-corrected chi connectivity index (χ2v) is 5.00. The molecule has 17 heavy (non-hydrogen) atoms. The van der Waals surface area contributed by atoms with Crippen LogP contribution >= 0.6 is 15.9 Å². The fourth-order valence-electron chi connectivity index (χ4n) is 1.35. The zero-order valence-electron chi connectivity index (χ0n) is 8.78. The molecule has 1 aliphatic rings. The molecule has 1 aliphatic carbocycles. The highest BCUT2D eigenvalue weighted by Gasteiger charge is 2.39. The summed E-state index contributed by atoms with van der Waals surface area (Å²) < 4.78 is 18.6. The van der Waals surface area contributed by atoms with Crippen molar-refractivity contribution in [2.24, 2.45) is 5.73 Å². The number of rotatable bonds is 4. The van der Waals surface area contributed by atoms with E-state index in [9.17, 15) is 14.5 Å². The Morgan fingerprint density at radius 2 is 2.24 bits per heavy atom. The summed E-state index contributed by atoms with van der Waals surface area (Å²) in [6.45, 7) is 0.193. The van der Waals surface area contributed by atoms with Crippen LogP contribution in [0.5, 0.6) is 5.75 Å². The van der Waals surface area contributed by atoms with Crippen molar-refractivity contribution < 1.29 is 14.1 Å². The van der Waals surface area contributed by atoms with E-state index < -0.39 is 16.4 Å². The van der Waals surface area contributed by atoms with E-state index in [2.05, 4.69) is 15.9 Å². The quantitative estimate of drug-likeness (QED) is 0.684. The lowest BCUT2D eigenvalue weighted by atomic mass is 10.2. The third-order valence-electron chi connectivity index (χ3n) is 2.58. The molecular weight excluding hydrogens is 295 g/mol. The molecule has 1 aromatic rings. The summed E-state index contributed by atoms with van der Waals surface area (Å²) >= 11 is 3.04. The van der Waals surface area contributed by atoms with E-state index in [0.717, 1.165) is 25.0 Å². The molecule has 5 nitrogen and oxygen atoms in total. The Morgan fingerprint density at radius 3 is 2.76 bits per heavy atom. The van der Waals surface area contributed by atoms with Gasteiger partial charge in [-0.1, -0.05) is 0 Å². The monoisotopic (exact) mass is 304 g/mol. The molecular formula is C10H10BrFN2O3. The number of nitro groups is 1. The Hall–Kier alpha value is -1.21. The SMILES string of the molecule is NC1(COc2c(Br)cc(F)cc2[N+](=O)[O-])CC1. The van der Waals surface area contributed by atoms with Gasteiger partial charge in [0, 0.05) is 0 Å². The van der Waals surface area contributed by atoms with Crippen LogP contribution in [-0.4, -0.2) is 17.1 Å². The van der Waals surface area contributed by atoms with Crippen molar-refractivity contribution in [1.82, 2.24) is 0 Å². The molecule has 1 aromatic carbocycles. The summed E-state index contributed by atoms with van der Waals surface area (Å²) in [5, 5.41) is 10.8. The summed E-state index contributed by atoms with van der Waals surface area (Å²) in [4.78, 5) is 10.1. The zero-order chi connectivity index (χ0) is 12.6. The lowest BCUT2D eigenvalue weighted by molar-refractivity contribution is -0.386. The number of halogens is 2. The predicted octanol–water partition coefficient (Wildman–Crippen LogP) is 2.37. The van der Waals surface area contributed by atoms with Gasteiger partial charge in [-0.05, 0) is 34.8 Å². The third kappa shape index (κ3) is 2.73. The molecule has 7 heteroatoms. The Morgan fingerprint density at radius 1 is 1.59 bits per heavy atom. The molecule has 92 valence electrons. The van der Waals surface area contributed by atoms with Crippen LogP contribution in [0.4, 0.5) is 10.1 Å². The van der Waals surface area contributed by atoms with Gasteiger partial charge < -0.3 is 10.5 Å². The second kappa shape index (κ2) is 4.23. The average molecular weight is 305 g/mol. The molecule has 0 atom stereocenters. The number of nitro benzene ring substituents is 1. The van der Waals surface area contributed by atoms with Gasteiger partial charge in [-0.25, -0.2) is 4.39 Å². The summed E-state index contributed by atoms with van der Waals surface area (Å²) in [5.74, 6) is -0.669. The van der Waals surface area contributed by atoms with Crippen molar-refractivity contribution in [3.05, 3.63) is 32.5 Å². The van der Waals surface area contributed by atoms with Gasteiger partial charge in [-0.2, -0.15) is 0 Å². The Bertz CT molecular complexity index is 477. The summed E-state index contributed by atoms with van der Waals surface area (Å²) in [6.07, 6.45) is 1.67. The first-order chi connectivity index (χ1) is 7.91. The molecule has 0 bridgehead atoms. The van der Waals surface area contributed by atoms with E-state index in [0.29, 0.717) is 0 Å². The Labute approximate surface area is 105 Å². The van der Waals surface area contributed by atoms with Crippen LogP contribution in [0.1, 0.15) is 12.8 Å². The van der Waals surface area contributed by atoms with Crippen LogP contribution in [-0.2, 0) is 0 Å². The fourth-order valence-corrected chi connectivity index (χ4v) is 1.88. The van der Waals surface area contributed by atoms with Crippen molar-refractivity contribution in [1.29, 1.82) is 0 Å². The number of hydrogen-bond acceptors (Lipinski definition) is 4. The normalized spacial score (nSPS) is 16.6. The minimum absolute atomic E-state index is 0.0214. The predicted molar refractivity (Wildman–Crippen MR) is 62.4 cm³/mol. The van der Waals surface area contributed by atoms with E-state index in [1.807, 2.05) is 0 Å². The first-order valence-electron chi connectivity index (χ1n) is 4.96. The molecule has 0 radical (unpaired) electrons. The standard InChI is InChI=1S/C10H10BrFN2O3/c11-7-3-6(12)4-8(14(15)16)9(7)17-5-10(13)1-2-10/h3-4H,1-2,5,13H2. The molecule has 0 spiro atoms. The maximum absolute atomic E-state index is 13.0. The molecule has 1 saturated carbocycles. The van der Waals surface area contributed by atoms with E-state index in [-0.39, 0.29) is 22.4 Å². The summed E-state index contributed by atoms with van der Waals surface area (Å²) in [6, 6.07) is 1.95. The fraction of sp³-hybridized carbons (Fsp3) is 0.400. The van der Waals surface area contributed by atoms with E-state index in [4.69, 9.17) is 10.5 Å². The number of hydrogen-bond donors (Lipinski definition) is 1. The number of nitrogens with two attached hydrogens (primary N) is 1. The minimum Gasteiger partial charge on any atom is -0.484 e. The maximum Gasteiger partial charge on any atom is 0.315 e. The molecule has 0 unspecified atom stereocenters. The first-order valence-corrected chi connectivity index (χ1v) is 5.76. The van der Waals surface area contributed by atoms with Gasteiger partial charge >= 0.3 is 5.69 Å². The smallest absolute Gasteiger partial charge is 0.315 e. The Kier molecular flexibility index (Phi) is 3.05. The van der Waals surface area contributed by atoms with Crippen molar-refractivity contribution in [3.8, 4) is 5.75 Å². The van der Waals surface area contributed by atoms with Crippen LogP contribution in [0, 0.1) is 15.9 Å². The molecule has 0 amide bonds. The average Bonchev–Trinajstić information content (AvgIpc) is 2.94. The highest BCUT2D eigenvalue weighted by molar-refractivity contribution is 9.10. The van der Waals surface area contributed by atoms with Gasteiger partial charge in [0.1, 0.15) is 12.4 Å². The topological polar surface area (TPSA) is 78.4 Å². The van der Waals surface area contributed by atoms with Crippen LogP contribution < -0.4 is 10.5 Å². The van der Waals surface area contributed by atoms with Gasteiger partial charge in [0.25, 0.3) is 0 Å². The van der Waals surface area contributed by atoms with Crippen LogP contribution in [0.2, 0.25) is 0 Å². The van der Waals surface area contributed by atoms with Crippen molar-refractivity contribution in [2.75, 3.05) is 6.61 Å². The number of ether oxygens (including phenoxy) is 1. The van der Waals surface area contributed by atoms with Gasteiger partial charge in [0.15, 0.2) is 0 Å². The molecule has 2 N–H and O–H groups in total. The molecule has 2 rings (SSSR count). The molecule has 0 aliphatic heterocycles. The molecule has 1 fully saturated rings. The summed E-state index contributed by atoms with van der Waals surface area (Å²) in [5.41, 5.74) is 5.03. The lowest BCUT2D eigenvalue weighted by Gasteiger charge is -2.12. The first kappa shape index (κ1) is 12.3.